The molecule has 2 amide bonds. The molecular formula is C5H9NO3Si. The fourth-order valence-electron chi connectivity index (χ4n) is 0.863. The maximum absolute atomic E-state index is 10.8. The molecule has 0 aliphatic carbocycles. The van der Waals surface area contributed by atoms with Gasteiger partial charge in [0.1, 0.15) is 0 Å². The molecule has 0 aromatic rings. The van der Waals surface area contributed by atoms with Gasteiger partial charge in [0, 0.05) is 0 Å². The van der Waals surface area contributed by atoms with Gasteiger partial charge in [0.2, 0.25) is 0 Å². The zero-order valence-electron chi connectivity index (χ0n) is 5.96. The summed E-state index contributed by atoms with van der Waals surface area (Å²) in [6, 6.07) is 0. The summed E-state index contributed by atoms with van der Waals surface area (Å²) in [5, 5.41) is 0. The molecule has 0 unspecified atom stereocenters. The van der Waals surface area contributed by atoms with Gasteiger partial charge in [-0.25, -0.2) is 4.79 Å². The molecule has 0 aromatic heterocycles. The third-order valence-electron chi connectivity index (χ3n) is 1.30. The number of imide groups is 1. The van der Waals surface area contributed by atoms with Crippen LogP contribution in [0.4, 0.5) is 4.79 Å². The minimum atomic E-state index is -1.33. The highest BCUT2D eigenvalue weighted by molar-refractivity contribution is 6.59. The van der Waals surface area contributed by atoms with E-state index in [0.717, 1.165) is 0 Å². The molecule has 1 aliphatic heterocycles. The summed E-state index contributed by atoms with van der Waals surface area (Å²) in [6.07, 6.45) is -0.466. The Morgan fingerprint density at radius 3 is 2.30 bits per heavy atom. The van der Waals surface area contributed by atoms with Crippen molar-refractivity contribution in [2.24, 2.45) is 0 Å². The number of amides is 2. The van der Waals surface area contributed by atoms with Crippen molar-refractivity contribution in [3.05, 3.63) is 0 Å². The lowest BCUT2D eigenvalue weighted by molar-refractivity contribution is -0.123. The molecule has 5 heteroatoms. The van der Waals surface area contributed by atoms with Crippen molar-refractivity contribution in [1.82, 2.24) is 4.57 Å². The molecule has 0 saturated carbocycles. The monoisotopic (exact) mass is 159 g/mol. The molecule has 1 heterocycles. The minimum absolute atomic E-state index is 0.0655. The average molecular weight is 159 g/mol. The molecule has 1 aliphatic rings. The lowest BCUT2D eigenvalue weighted by Crippen LogP contribution is -2.38. The Morgan fingerprint density at radius 2 is 2.10 bits per heavy atom. The van der Waals surface area contributed by atoms with Gasteiger partial charge in [-0.05, 0) is 0 Å². The highest BCUT2D eigenvalue weighted by Crippen LogP contribution is 2.06. The third kappa shape index (κ3) is 1.04. The van der Waals surface area contributed by atoms with E-state index in [-0.39, 0.29) is 12.5 Å². The van der Waals surface area contributed by atoms with Crippen LogP contribution in [0, 0.1) is 0 Å². The Morgan fingerprint density at radius 1 is 1.50 bits per heavy atom. The van der Waals surface area contributed by atoms with Gasteiger partial charge < -0.3 is 4.74 Å². The standard InChI is InChI=1S/C5H9NO3Si/c1-10(2)6-4(7)3-9-5(6)8/h10H,3H2,1-2H3. The van der Waals surface area contributed by atoms with E-state index in [4.69, 9.17) is 0 Å². The van der Waals surface area contributed by atoms with Crippen LogP contribution in [0.25, 0.3) is 0 Å². The third-order valence-corrected chi connectivity index (χ3v) is 2.83. The number of ether oxygens (including phenoxy) is 1. The molecule has 0 radical (unpaired) electrons. The van der Waals surface area contributed by atoms with Crippen LogP contribution in [0.3, 0.4) is 0 Å². The molecule has 0 N–H and O–H groups in total. The summed E-state index contributed by atoms with van der Waals surface area (Å²) in [5.41, 5.74) is 0. The van der Waals surface area contributed by atoms with E-state index in [1.807, 2.05) is 13.1 Å². The van der Waals surface area contributed by atoms with Crippen molar-refractivity contribution in [1.29, 1.82) is 0 Å². The zero-order chi connectivity index (χ0) is 7.72. The number of hydrogen-bond donors (Lipinski definition) is 0. The summed E-state index contributed by atoms with van der Waals surface area (Å²) in [5.74, 6) is -0.188. The quantitative estimate of drug-likeness (QED) is 0.504. The van der Waals surface area contributed by atoms with Crippen molar-refractivity contribution in [3.63, 3.8) is 0 Å². The Balaban J connectivity index is 2.72. The lowest BCUT2D eigenvalue weighted by Gasteiger charge is -2.12. The first kappa shape index (κ1) is 7.27. The minimum Gasteiger partial charge on any atom is -0.440 e. The van der Waals surface area contributed by atoms with E-state index in [1.54, 1.807) is 0 Å². The van der Waals surface area contributed by atoms with Gasteiger partial charge in [0.15, 0.2) is 15.6 Å². The van der Waals surface area contributed by atoms with Crippen molar-refractivity contribution >= 4 is 21.0 Å². The van der Waals surface area contributed by atoms with E-state index < -0.39 is 15.1 Å². The maximum atomic E-state index is 10.8. The van der Waals surface area contributed by atoms with Crippen molar-refractivity contribution in [2.45, 2.75) is 13.1 Å². The van der Waals surface area contributed by atoms with Crippen molar-refractivity contribution < 1.29 is 14.3 Å². The molecule has 1 rings (SSSR count). The molecule has 56 valence electrons. The predicted molar refractivity (Wildman–Crippen MR) is 37.1 cm³/mol. The molecule has 4 nitrogen and oxygen atoms in total. The predicted octanol–water partition coefficient (Wildman–Crippen LogP) is -0.0514. The Labute approximate surface area is 60.4 Å². The molecular weight excluding hydrogens is 150 g/mol. The van der Waals surface area contributed by atoms with E-state index in [9.17, 15) is 9.59 Å². The molecule has 0 spiro atoms. The summed E-state index contributed by atoms with van der Waals surface area (Å²) in [7, 11) is -1.33. The second-order valence-corrected chi connectivity index (χ2v) is 5.12. The van der Waals surface area contributed by atoms with E-state index in [2.05, 4.69) is 4.74 Å². The summed E-state index contributed by atoms with van der Waals surface area (Å²) in [6.45, 7) is 3.75. The second-order valence-electron chi connectivity index (χ2n) is 2.41. The van der Waals surface area contributed by atoms with Crippen LogP contribution >= 0.6 is 0 Å². The SMILES string of the molecule is C[SiH](C)N1C(=O)COC1=O. The van der Waals surface area contributed by atoms with Crippen molar-refractivity contribution in [2.75, 3.05) is 6.61 Å². The number of nitrogens with zero attached hydrogens (tertiary/aromatic N) is 1. The first-order chi connectivity index (χ1) is 4.63. The Hall–Kier alpha value is -0.843. The molecule has 1 saturated heterocycles. The number of rotatable bonds is 1. The van der Waals surface area contributed by atoms with Crippen LogP contribution in [0.5, 0.6) is 0 Å². The van der Waals surface area contributed by atoms with Crippen LogP contribution in [0.1, 0.15) is 0 Å². The number of carbonyl (C=O) groups excluding carboxylic acids is 2. The van der Waals surface area contributed by atoms with Gasteiger partial charge in [-0.3, -0.25) is 9.36 Å². The zero-order valence-corrected chi connectivity index (χ0v) is 7.11. The second kappa shape index (κ2) is 2.41. The van der Waals surface area contributed by atoms with Gasteiger partial charge in [-0.2, -0.15) is 0 Å². The normalized spacial score (nSPS) is 18.5. The van der Waals surface area contributed by atoms with Crippen LogP contribution in [0.15, 0.2) is 0 Å². The van der Waals surface area contributed by atoms with Crippen molar-refractivity contribution in [3.8, 4) is 0 Å². The highest BCUT2D eigenvalue weighted by atomic mass is 28.3. The molecule has 0 bridgehead atoms. The lowest BCUT2D eigenvalue weighted by atomic mass is 10.7. The summed E-state index contributed by atoms with van der Waals surface area (Å²) in [4.78, 5) is 21.6. The fourth-order valence-corrected chi connectivity index (χ4v) is 2.01. The smallest absolute Gasteiger partial charge is 0.408 e. The van der Waals surface area contributed by atoms with Gasteiger partial charge in [-0.15, -0.1) is 0 Å². The van der Waals surface area contributed by atoms with Crippen LogP contribution in [0.2, 0.25) is 13.1 Å². The van der Waals surface area contributed by atoms with Crippen LogP contribution in [-0.4, -0.2) is 32.1 Å². The van der Waals surface area contributed by atoms with E-state index in [1.165, 1.54) is 4.57 Å². The number of carbonyl (C=O) groups is 2. The molecule has 10 heavy (non-hydrogen) atoms. The van der Waals surface area contributed by atoms with Gasteiger partial charge in [0.05, 0.1) is 0 Å². The Kier molecular flexibility index (Phi) is 1.75. The molecule has 0 aromatic carbocycles. The summed E-state index contributed by atoms with van der Waals surface area (Å²) >= 11 is 0. The van der Waals surface area contributed by atoms with Crippen LogP contribution in [-0.2, 0) is 9.53 Å². The number of cyclic esters (lactones) is 1. The topological polar surface area (TPSA) is 46.6 Å². The first-order valence-corrected chi connectivity index (χ1v) is 5.94. The molecule has 1 fully saturated rings. The van der Waals surface area contributed by atoms with Gasteiger partial charge >= 0.3 is 6.09 Å². The number of hydrogen-bond acceptors (Lipinski definition) is 3. The summed E-state index contributed by atoms with van der Waals surface area (Å²) < 4.78 is 5.76. The highest BCUT2D eigenvalue weighted by Gasteiger charge is 2.32. The fraction of sp³-hybridized carbons (Fsp3) is 0.600. The van der Waals surface area contributed by atoms with Crippen LogP contribution < -0.4 is 0 Å². The largest absolute Gasteiger partial charge is 0.440 e. The molecule has 0 atom stereocenters. The van der Waals surface area contributed by atoms with Gasteiger partial charge in [-0.1, -0.05) is 13.1 Å². The average Bonchev–Trinajstić information content (AvgIpc) is 2.11. The Bertz CT molecular complexity index is 164. The van der Waals surface area contributed by atoms with E-state index >= 15 is 0 Å². The van der Waals surface area contributed by atoms with E-state index in [0.29, 0.717) is 0 Å². The maximum Gasteiger partial charge on any atom is 0.408 e. The first-order valence-electron chi connectivity index (χ1n) is 3.11. The van der Waals surface area contributed by atoms with Gasteiger partial charge in [0.25, 0.3) is 5.91 Å².